The Kier molecular flexibility index (Phi) is 6.32. The van der Waals surface area contributed by atoms with Crippen molar-refractivity contribution in [2.75, 3.05) is 13.6 Å². The van der Waals surface area contributed by atoms with Gasteiger partial charge in [0.1, 0.15) is 5.82 Å². The van der Waals surface area contributed by atoms with Crippen molar-refractivity contribution < 1.29 is 0 Å². The SMILES string of the molecule is CC(C)CCN(C)Cc1ccccc1-c1nc(C(C)C)cc(=O)[nH]1. The van der Waals surface area contributed by atoms with Gasteiger partial charge in [0.05, 0.1) is 5.69 Å². The zero-order valence-corrected chi connectivity index (χ0v) is 15.5. The molecule has 0 saturated heterocycles. The third-order valence-electron chi connectivity index (χ3n) is 4.15. The van der Waals surface area contributed by atoms with Crippen molar-refractivity contribution in [3.05, 3.63) is 51.9 Å². The van der Waals surface area contributed by atoms with Gasteiger partial charge in [-0.3, -0.25) is 4.79 Å². The average Bonchev–Trinajstić information content (AvgIpc) is 2.52. The number of hydrogen-bond acceptors (Lipinski definition) is 3. The Labute approximate surface area is 144 Å². The lowest BCUT2D eigenvalue weighted by atomic mass is 10.0. The third kappa shape index (κ3) is 5.03. The van der Waals surface area contributed by atoms with E-state index < -0.39 is 0 Å². The second kappa shape index (κ2) is 8.25. The zero-order chi connectivity index (χ0) is 17.7. The van der Waals surface area contributed by atoms with E-state index in [1.54, 1.807) is 6.07 Å². The van der Waals surface area contributed by atoms with Gasteiger partial charge in [0.25, 0.3) is 5.56 Å². The molecule has 0 aliphatic carbocycles. The molecular weight excluding hydrogens is 298 g/mol. The van der Waals surface area contributed by atoms with Crippen LogP contribution >= 0.6 is 0 Å². The van der Waals surface area contributed by atoms with Crippen molar-refractivity contribution in [2.24, 2.45) is 5.92 Å². The van der Waals surface area contributed by atoms with Crippen molar-refractivity contribution in [3.8, 4) is 11.4 Å². The van der Waals surface area contributed by atoms with E-state index in [0.717, 1.165) is 24.3 Å². The Morgan fingerprint density at radius 2 is 1.88 bits per heavy atom. The summed E-state index contributed by atoms with van der Waals surface area (Å²) in [6, 6.07) is 9.78. The summed E-state index contributed by atoms with van der Waals surface area (Å²) in [6.45, 7) is 10.5. The summed E-state index contributed by atoms with van der Waals surface area (Å²) < 4.78 is 0. The van der Waals surface area contributed by atoms with Crippen LogP contribution in [0.15, 0.2) is 35.1 Å². The van der Waals surface area contributed by atoms with Gasteiger partial charge in [0, 0.05) is 18.2 Å². The van der Waals surface area contributed by atoms with Gasteiger partial charge in [-0.15, -0.1) is 0 Å². The third-order valence-corrected chi connectivity index (χ3v) is 4.15. The van der Waals surface area contributed by atoms with E-state index in [1.807, 2.05) is 18.2 Å². The van der Waals surface area contributed by atoms with E-state index in [9.17, 15) is 4.79 Å². The first-order valence-corrected chi connectivity index (χ1v) is 8.75. The van der Waals surface area contributed by atoms with Gasteiger partial charge in [0.15, 0.2) is 0 Å². The number of aromatic amines is 1. The topological polar surface area (TPSA) is 49.0 Å². The summed E-state index contributed by atoms with van der Waals surface area (Å²) in [5.74, 6) is 1.59. The van der Waals surface area contributed by atoms with Crippen LogP contribution in [0.2, 0.25) is 0 Å². The Morgan fingerprint density at radius 1 is 1.17 bits per heavy atom. The predicted octanol–water partition coefficient (Wildman–Crippen LogP) is 4.04. The minimum atomic E-state index is -0.0911. The Balaban J connectivity index is 2.30. The molecule has 0 fully saturated rings. The molecule has 4 nitrogen and oxygen atoms in total. The highest BCUT2D eigenvalue weighted by molar-refractivity contribution is 5.60. The van der Waals surface area contributed by atoms with Gasteiger partial charge in [-0.1, -0.05) is 52.0 Å². The molecule has 1 heterocycles. The summed E-state index contributed by atoms with van der Waals surface area (Å²) >= 11 is 0. The first-order chi connectivity index (χ1) is 11.4. The largest absolute Gasteiger partial charge is 0.307 e. The van der Waals surface area contributed by atoms with Crippen molar-refractivity contribution in [1.29, 1.82) is 0 Å². The fourth-order valence-electron chi connectivity index (χ4n) is 2.64. The van der Waals surface area contributed by atoms with Crippen LogP contribution in [0.5, 0.6) is 0 Å². The molecule has 0 radical (unpaired) electrons. The van der Waals surface area contributed by atoms with Gasteiger partial charge in [-0.2, -0.15) is 0 Å². The second-order valence-corrected chi connectivity index (χ2v) is 7.25. The molecule has 130 valence electrons. The maximum Gasteiger partial charge on any atom is 0.251 e. The highest BCUT2D eigenvalue weighted by Gasteiger charge is 2.12. The van der Waals surface area contributed by atoms with E-state index in [2.05, 4.69) is 55.7 Å². The number of benzene rings is 1. The predicted molar refractivity (Wildman–Crippen MR) is 100 cm³/mol. The molecule has 0 bridgehead atoms. The van der Waals surface area contributed by atoms with Crippen molar-refractivity contribution in [2.45, 2.75) is 46.6 Å². The van der Waals surface area contributed by atoms with E-state index in [1.165, 1.54) is 12.0 Å². The number of nitrogens with one attached hydrogen (secondary N) is 1. The number of aromatic nitrogens is 2. The number of H-pyrrole nitrogens is 1. The normalized spacial score (nSPS) is 11.7. The molecule has 24 heavy (non-hydrogen) atoms. The summed E-state index contributed by atoms with van der Waals surface area (Å²) in [7, 11) is 2.14. The minimum absolute atomic E-state index is 0.0911. The summed E-state index contributed by atoms with van der Waals surface area (Å²) in [6.07, 6.45) is 1.18. The van der Waals surface area contributed by atoms with Crippen LogP contribution in [-0.4, -0.2) is 28.5 Å². The maximum atomic E-state index is 12.0. The van der Waals surface area contributed by atoms with Crippen molar-refractivity contribution >= 4 is 0 Å². The van der Waals surface area contributed by atoms with Crippen LogP contribution in [0.4, 0.5) is 0 Å². The lowest BCUT2D eigenvalue weighted by Crippen LogP contribution is -2.21. The summed E-state index contributed by atoms with van der Waals surface area (Å²) in [5, 5.41) is 0. The summed E-state index contributed by atoms with van der Waals surface area (Å²) in [4.78, 5) is 21.9. The van der Waals surface area contributed by atoms with Crippen LogP contribution in [0.1, 0.15) is 51.3 Å². The van der Waals surface area contributed by atoms with E-state index in [4.69, 9.17) is 0 Å². The van der Waals surface area contributed by atoms with E-state index >= 15 is 0 Å². The molecule has 1 aromatic heterocycles. The molecule has 0 aliphatic heterocycles. The highest BCUT2D eigenvalue weighted by Crippen LogP contribution is 2.22. The standard InChI is InChI=1S/C20H29N3O/c1-14(2)10-11-23(5)13-16-8-6-7-9-17(16)20-21-18(15(3)4)12-19(24)22-20/h6-9,12,14-15H,10-11,13H2,1-5H3,(H,21,22,24). The Bertz CT molecular complexity index is 719. The molecule has 1 N–H and O–H groups in total. The fourth-order valence-corrected chi connectivity index (χ4v) is 2.64. The molecule has 0 atom stereocenters. The van der Waals surface area contributed by atoms with Crippen LogP contribution in [0.3, 0.4) is 0 Å². The van der Waals surface area contributed by atoms with E-state index in [-0.39, 0.29) is 11.5 Å². The maximum absolute atomic E-state index is 12.0. The quantitative estimate of drug-likeness (QED) is 0.835. The molecule has 0 saturated carbocycles. The van der Waals surface area contributed by atoms with Crippen molar-refractivity contribution in [1.82, 2.24) is 14.9 Å². The highest BCUT2D eigenvalue weighted by atomic mass is 16.1. The minimum Gasteiger partial charge on any atom is -0.307 e. The van der Waals surface area contributed by atoms with Gasteiger partial charge in [-0.05, 0) is 37.4 Å². The molecule has 4 heteroatoms. The first-order valence-electron chi connectivity index (χ1n) is 8.75. The lowest BCUT2D eigenvalue weighted by Gasteiger charge is -2.20. The van der Waals surface area contributed by atoms with Gasteiger partial charge >= 0.3 is 0 Å². The van der Waals surface area contributed by atoms with Crippen molar-refractivity contribution in [3.63, 3.8) is 0 Å². The fraction of sp³-hybridized carbons (Fsp3) is 0.500. The lowest BCUT2D eigenvalue weighted by molar-refractivity contribution is 0.304. The molecule has 2 rings (SSSR count). The first kappa shape index (κ1) is 18.4. The number of nitrogens with zero attached hydrogens (tertiary/aromatic N) is 2. The smallest absolute Gasteiger partial charge is 0.251 e. The molecule has 1 aromatic carbocycles. The molecule has 2 aromatic rings. The van der Waals surface area contributed by atoms with Gasteiger partial charge in [-0.25, -0.2) is 4.98 Å². The second-order valence-electron chi connectivity index (χ2n) is 7.25. The van der Waals surface area contributed by atoms with Gasteiger partial charge in [0.2, 0.25) is 0 Å². The van der Waals surface area contributed by atoms with Crippen LogP contribution in [-0.2, 0) is 6.54 Å². The number of hydrogen-bond donors (Lipinski definition) is 1. The Morgan fingerprint density at radius 3 is 2.54 bits per heavy atom. The molecule has 0 aliphatic rings. The van der Waals surface area contributed by atoms with Gasteiger partial charge < -0.3 is 9.88 Å². The molecular formula is C20H29N3O. The number of rotatable bonds is 7. The molecule has 0 amide bonds. The van der Waals surface area contributed by atoms with Crippen LogP contribution in [0, 0.1) is 5.92 Å². The summed E-state index contributed by atoms with van der Waals surface area (Å²) in [5.41, 5.74) is 2.93. The van der Waals surface area contributed by atoms with Crippen LogP contribution < -0.4 is 5.56 Å². The Hall–Kier alpha value is -1.94. The molecule has 0 spiro atoms. The monoisotopic (exact) mass is 327 g/mol. The average molecular weight is 327 g/mol. The molecule has 0 unspecified atom stereocenters. The zero-order valence-electron chi connectivity index (χ0n) is 15.5. The van der Waals surface area contributed by atoms with E-state index in [0.29, 0.717) is 11.7 Å². The van der Waals surface area contributed by atoms with Crippen LogP contribution in [0.25, 0.3) is 11.4 Å².